The van der Waals surface area contributed by atoms with E-state index in [-0.39, 0.29) is 24.2 Å². The maximum Gasteiger partial charge on any atom is 1.07 e. The summed E-state index contributed by atoms with van der Waals surface area (Å²) in [6.07, 6.45) is 16.7. The number of aliphatic imine (C=N–C) groups is 4. The number of hydrogen-bond donors (Lipinski definition) is 0. The van der Waals surface area contributed by atoms with Crippen LogP contribution in [0.25, 0.3) is 0 Å². The van der Waals surface area contributed by atoms with Crippen molar-refractivity contribution in [2.24, 2.45) is 20.0 Å². The summed E-state index contributed by atoms with van der Waals surface area (Å²) in [5.74, 6) is 2.73. The van der Waals surface area contributed by atoms with Gasteiger partial charge in [0, 0.05) is 22.8 Å². The Hall–Kier alpha value is -2.14. The van der Waals surface area contributed by atoms with Gasteiger partial charge in [-0.05, 0) is 105 Å². The molecule has 11 heteroatoms. The second-order valence-corrected chi connectivity index (χ2v) is 15.3. The maximum atomic E-state index is 6.48. The predicted octanol–water partition coefficient (Wildman–Crippen LogP) is 7.15. The van der Waals surface area contributed by atoms with E-state index >= 15 is 0 Å². The zero-order valence-electron chi connectivity index (χ0n) is 27.3. The Labute approximate surface area is 268 Å². The first-order valence-corrected chi connectivity index (χ1v) is 18.6. The zero-order chi connectivity index (χ0) is 30.9. The first-order valence-electron chi connectivity index (χ1n) is 15.8. The van der Waals surface area contributed by atoms with Gasteiger partial charge in [0.05, 0.1) is 47.2 Å². The Morgan fingerprint density at radius 3 is 0.930 bits per heavy atom. The van der Waals surface area contributed by atoms with Crippen LogP contribution in [0.5, 0.6) is 0 Å². The first-order chi connectivity index (χ1) is 20.5. The molecule has 0 N–H and O–H groups in total. The Morgan fingerprint density at radius 1 is 0.465 bits per heavy atom. The Balaban J connectivity index is 1.62. The molecule has 4 rings (SSSR count). The SMILES string of the molecule is CC1=N[C@@H]2CCCC[C@H]2N=C(C)/C=C(/C)[O][Al]([O][Al]2[O]/C(C)=C\C(C)=N[C@@H]3CCCC[C@H]3N=C(C)/C=C(/C)[O]2)[O]/C(C)=C\1. The van der Waals surface area contributed by atoms with Gasteiger partial charge >= 0.3 is 30.3 Å². The number of allylic oxidation sites excluding steroid dienone is 8. The number of fused-ring (bicyclic) bond motifs is 2. The van der Waals surface area contributed by atoms with Crippen molar-refractivity contribution in [3.05, 3.63) is 47.3 Å². The second kappa shape index (κ2) is 16.3. The molecule has 0 bridgehead atoms. The van der Waals surface area contributed by atoms with Gasteiger partial charge < -0.3 is 18.0 Å². The Bertz CT molecular complexity index is 1070. The topological polar surface area (TPSA) is 95.6 Å². The van der Waals surface area contributed by atoms with Crippen LogP contribution in [0, 0.1) is 0 Å². The first kappa shape index (κ1) is 33.8. The van der Waals surface area contributed by atoms with Crippen LogP contribution in [0.1, 0.15) is 107 Å². The fraction of sp³-hybridized carbons (Fsp3) is 0.625. The van der Waals surface area contributed by atoms with Crippen LogP contribution in [-0.2, 0) is 18.0 Å². The quantitative estimate of drug-likeness (QED) is 0.305. The van der Waals surface area contributed by atoms with E-state index in [1.165, 1.54) is 25.7 Å². The molecule has 4 aliphatic rings. The predicted molar refractivity (Wildman–Crippen MR) is 176 cm³/mol. The van der Waals surface area contributed by atoms with Crippen molar-refractivity contribution in [2.45, 2.75) is 131 Å². The normalized spacial score (nSPS) is 33.0. The molecule has 2 saturated carbocycles. The molecule has 4 atom stereocenters. The molecule has 0 amide bonds. The van der Waals surface area contributed by atoms with Crippen molar-refractivity contribution in [3.8, 4) is 0 Å². The molecule has 0 radical (unpaired) electrons. The summed E-state index contributed by atoms with van der Waals surface area (Å²) in [7, 11) is 0. The standard InChI is InChI=1S/2C16H26N2O2.2Al.O/c2*1-11(9-13(3)19)17-15-7-5-6-8-16(15)18-12(2)10-14(4)20;;;/h2*9-10,15-16,19-20H,5-8H2,1-4H3;;;/q;;2*+2;/p-4/b2*13-9-,14-10-,17-11?,18-12?;;;/t2*15-,16-;;;/m11.../s1. The third kappa shape index (κ3) is 11.1. The number of rotatable bonds is 2. The summed E-state index contributed by atoms with van der Waals surface area (Å²) in [6, 6.07) is 0.702. The second-order valence-electron chi connectivity index (χ2n) is 12.1. The molecule has 43 heavy (non-hydrogen) atoms. The minimum absolute atomic E-state index is 0.175. The summed E-state index contributed by atoms with van der Waals surface area (Å²) in [6.45, 7) is 15.7. The molecule has 0 unspecified atom stereocenters. The van der Waals surface area contributed by atoms with Gasteiger partial charge in [-0.1, -0.05) is 25.7 Å². The molecule has 9 nitrogen and oxygen atoms in total. The van der Waals surface area contributed by atoms with Crippen LogP contribution in [0.2, 0.25) is 0 Å². The molecule has 2 fully saturated rings. The van der Waals surface area contributed by atoms with Gasteiger partial charge in [-0.2, -0.15) is 0 Å². The van der Waals surface area contributed by atoms with Crippen LogP contribution in [0.4, 0.5) is 0 Å². The third-order valence-electron chi connectivity index (χ3n) is 7.86. The molecule has 0 aromatic carbocycles. The lowest BCUT2D eigenvalue weighted by molar-refractivity contribution is 0.151. The zero-order valence-corrected chi connectivity index (χ0v) is 29.6. The molecule has 0 saturated heterocycles. The smallest absolute Gasteiger partial charge is 0.592 e. The molecular weight excluding hydrogens is 574 g/mol. The monoisotopic (exact) mass is 622 g/mol. The highest BCUT2D eigenvalue weighted by Crippen LogP contribution is 2.26. The highest BCUT2D eigenvalue weighted by atomic mass is 27.3. The van der Waals surface area contributed by atoms with Crippen molar-refractivity contribution >= 4 is 53.1 Å². The molecule has 2 aliphatic carbocycles. The lowest BCUT2D eigenvalue weighted by atomic mass is 9.91. The van der Waals surface area contributed by atoms with Crippen LogP contribution in [-0.4, -0.2) is 77.3 Å². The minimum atomic E-state index is -2.82. The van der Waals surface area contributed by atoms with Crippen LogP contribution < -0.4 is 0 Å². The average Bonchev–Trinajstić information content (AvgIpc) is 2.90. The average molecular weight is 623 g/mol. The van der Waals surface area contributed by atoms with Crippen molar-refractivity contribution in [1.29, 1.82) is 0 Å². The van der Waals surface area contributed by atoms with Gasteiger partial charge in [0.25, 0.3) is 0 Å². The maximum absolute atomic E-state index is 6.48. The molecular formula is C32H48Al2N4O5. The van der Waals surface area contributed by atoms with Gasteiger partial charge in [-0.15, -0.1) is 0 Å². The van der Waals surface area contributed by atoms with Gasteiger partial charge in [-0.25, -0.2) is 0 Å². The van der Waals surface area contributed by atoms with Crippen LogP contribution in [0.3, 0.4) is 0 Å². The fourth-order valence-electron chi connectivity index (χ4n) is 6.15. The lowest BCUT2D eigenvalue weighted by Gasteiger charge is -2.26. The minimum Gasteiger partial charge on any atom is -0.592 e. The highest BCUT2D eigenvalue weighted by Gasteiger charge is 2.53. The van der Waals surface area contributed by atoms with Gasteiger partial charge in [0.2, 0.25) is 0 Å². The Kier molecular flexibility index (Phi) is 12.8. The summed E-state index contributed by atoms with van der Waals surface area (Å²) >= 11 is -5.65. The summed E-state index contributed by atoms with van der Waals surface area (Å²) in [5, 5.41) is 0. The van der Waals surface area contributed by atoms with Crippen molar-refractivity contribution in [1.82, 2.24) is 0 Å². The van der Waals surface area contributed by atoms with Crippen molar-refractivity contribution in [3.63, 3.8) is 0 Å². The van der Waals surface area contributed by atoms with E-state index in [0.717, 1.165) is 48.5 Å². The summed E-state index contributed by atoms with van der Waals surface area (Å²) in [4.78, 5) is 20.1. The molecule has 0 aromatic heterocycles. The molecule has 2 aliphatic heterocycles. The molecule has 232 valence electrons. The summed E-state index contributed by atoms with van der Waals surface area (Å²) < 4.78 is 31.8. The Morgan fingerprint density at radius 2 is 0.698 bits per heavy atom. The summed E-state index contributed by atoms with van der Waals surface area (Å²) in [5.41, 5.74) is 3.64. The van der Waals surface area contributed by atoms with E-state index in [0.29, 0.717) is 23.0 Å². The molecule has 2 heterocycles. The van der Waals surface area contributed by atoms with Crippen LogP contribution in [0.15, 0.2) is 67.3 Å². The number of hydrogen-bond acceptors (Lipinski definition) is 9. The van der Waals surface area contributed by atoms with E-state index < -0.39 is 30.3 Å². The van der Waals surface area contributed by atoms with E-state index in [4.69, 9.17) is 38.0 Å². The van der Waals surface area contributed by atoms with Gasteiger partial charge in [0.15, 0.2) is 0 Å². The van der Waals surface area contributed by atoms with E-state index in [1.54, 1.807) is 0 Å². The largest absolute Gasteiger partial charge is 1.07 e. The van der Waals surface area contributed by atoms with E-state index in [2.05, 4.69) is 0 Å². The van der Waals surface area contributed by atoms with Gasteiger partial charge in [0.1, 0.15) is 0 Å². The van der Waals surface area contributed by atoms with E-state index in [9.17, 15) is 0 Å². The van der Waals surface area contributed by atoms with Crippen molar-refractivity contribution in [2.75, 3.05) is 0 Å². The van der Waals surface area contributed by atoms with E-state index in [1.807, 2.05) is 79.7 Å². The lowest BCUT2D eigenvalue weighted by Crippen LogP contribution is -2.37. The highest BCUT2D eigenvalue weighted by molar-refractivity contribution is 6.52. The third-order valence-corrected chi connectivity index (χ3v) is 11.9. The number of nitrogens with zero attached hydrogens (tertiary/aromatic N) is 4. The molecule has 0 spiro atoms. The molecule has 0 aromatic rings. The fourth-order valence-corrected chi connectivity index (χ4v) is 9.35. The van der Waals surface area contributed by atoms with Crippen LogP contribution >= 0.6 is 0 Å². The van der Waals surface area contributed by atoms with Gasteiger partial charge in [-0.3, -0.25) is 20.0 Å². The van der Waals surface area contributed by atoms with Crippen molar-refractivity contribution < 1.29 is 18.0 Å².